The highest BCUT2D eigenvalue weighted by molar-refractivity contribution is 6.09. The van der Waals surface area contributed by atoms with Crippen LogP contribution in [-0.4, -0.2) is 14.5 Å². The largest absolute Gasteiger partial charge is 0.456 e. The van der Waals surface area contributed by atoms with Gasteiger partial charge < -0.3 is 4.42 Å². The lowest BCUT2D eigenvalue weighted by molar-refractivity contribution is 0.669. The van der Waals surface area contributed by atoms with E-state index in [0.717, 1.165) is 61.2 Å². The van der Waals surface area contributed by atoms with Crippen LogP contribution in [-0.2, 0) is 5.41 Å². The fraction of sp³-hybridized carbons (Fsp3) is 0.0189. The SMILES string of the molecule is c1ccc(C(c2ccccc2)(c2ccccc2)c2ccc(-c3nc(-c4ccc5oc6ccccc6c5c4)cc(-n4c5ccccc5c5ccccc54)n3)cc2)cc1. The number of hydrogen-bond acceptors (Lipinski definition) is 3. The van der Waals surface area contributed by atoms with Gasteiger partial charge in [0.15, 0.2) is 5.82 Å². The standard InChI is InChI=1S/C53H35N3O/c1-4-16-38(17-5-1)53(39-18-6-2-7-19-39,40-20-8-3-9-21-40)41-31-28-36(29-32-41)52-54-46(37-30-33-50-45(34-37)44-24-12-15-27-49(44)57-50)35-51(55-52)56-47-25-13-10-22-42(47)43-23-11-14-26-48(43)56/h1-35H. The van der Waals surface area contributed by atoms with E-state index in [1.54, 1.807) is 0 Å². The van der Waals surface area contributed by atoms with E-state index in [0.29, 0.717) is 5.82 Å². The highest BCUT2D eigenvalue weighted by Crippen LogP contribution is 2.45. The molecule has 0 unspecified atom stereocenters. The fourth-order valence-corrected chi connectivity index (χ4v) is 8.81. The van der Waals surface area contributed by atoms with Crippen LogP contribution in [0.4, 0.5) is 0 Å². The Morgan fingerprint density at radius 1 is 0.368 bits per heavy atom. The maximum absolute atomic E-state index is 6.21. The molecule has 0 aliphatic heterocycles. The minimum Gasteiger partial charge on any atom is -0.456 e. The average Bonchev–Trinajstić information content (AvgIpc) is 3.83. The summed E-state index contributed by atoms with van der Waals surface area (Å²) in [6.07, 6.45) is 0. The van der Waals surface area contributed by atoms with E-state index >= 15 is 0 Å². The summed E-state index contributed by atoms with van der Waals surface area (Å²) in [4.78, 5) is 10.7. The van der Waals surface area contributed by atoms with E-state index in [1.807, 2.05) is 12.1 Å². The van der Waals surface area contributed by atoms with E-state index in [4.69, 9.17) is 14.4 Å². The zero-order chi connectivity index (χ0) is 37.8. The van der Waals surface area contributed by atoms with E-state index in [2.05, 4.69) is 205 Å². The van der Waals surface area contributed by atoms with Crippen molar-refractivity contribution in [1.29, 1.82) is 0 Å². The predicted molar refractivity (Wildman–Crippen MR) is 233 cm³/mol. The molecular formula is C53H35N3O. The summed E-state index contributed by atoms with van der Waals surface area (Å²) in [7, 11) is 0. The molecule has 4 nitrogen and oxygen atoms in total. The lowest BCUT2D eigenvalue weighted by atomic mass is 9.65. The maximum Gasteiger partial charge on any atom is 0.162 e. The highest BCUT2D eigenvalue weighted by Gasteiger charge is 2.38. The Balaban J connectivity index is 1.13. The molecule has 8 aromatic carbocycles. The van der Waals surface area contributed by atoms with Crippen molar-refractivity contribution in [2.75, 3.05) is 0 Å². The molecule has 11 aromatic rings. The molecule has 0 amide bonds. The van der Waals surface area contributed by atoms with E-state index in [1.165, 1.54) is 27.5 Å². The third kappa shape index (κ3) is 5.30. The number of hydrogen-bond donors (Lipinski definition) is 0. The number of furan rings is 1. The summed E-state index contributed by atoms with van der Waals surface area (Å²) in [5.74, 6) is 1.46. The number of nitrogens with zero attached hydrogens (tertiary/aromatic N) is 3. The van der Waals surface area contributed by atoms with Crippen LogP contribution >= 0.6 is 0 Å². The molecule has 0 spiro atoms. The first-order valence-electron chi connectivity index (χ1n) is 19.3. The minimum atomic E-state index is -0.554. The van der Waals surface area contributed by atoms with Gasteiger partial charge in [-0.25, -0.2) is 9.97 Å². The summed E-state index contributed by atoms with van der Waals surface area (Å²) in [5, 5.41) is 4.51. The normalized spacial score (nSPS) is 11.9. The molecule has 57 heavy (non-hydrogen) atoms. The van der Waals surface area contributed by atoms with Crippen molar-refractivity contribution in [3.8, 4) is 28.5 Å². The summed E-state index contributed by atoms with van der Waals surface area (Å²) >= 11 is 0. The Morgan fingerprint density at radius 2 is 0.842 bits per heavy atom. The smallest absolute Gasteiger partial charge is 0.162 e. The zero-order valence-electron chi connectivity index (χ0n) is 31.0. The molecule has 0 aliphatic rings. The third-order valence-corrected chi connectivity index (χ3v) is 11.4. The molecule has 268 valence electrons. The number of fused-ring (bicyclic) bond motifs is 6. The maximum atomic E-state index is 6.21. The molecule has 0 radical (unpaired) electrons. The van der Waals surface area contributed by atoms with Crippen LogP contribution < -0.4 is 0 Å². The molecule has 4 heteroatoms. The number of rotatable bonds is 7. The van der Waals surface area contributed by atoms with Gasteiger partial charge in [0.2, 0.25) is 0 Å². The molecule has 0 saturated carbocycles. The van der Waals surface area contributed by atoms with Gasteiger partial charge in [0.25, 0.3) is 0 Å². The fourth-order valence-electron chi connectivity index (χ4n) is 8.81. The molecule has 0 fully saturated rings. The Bertz CT molecular complexity index is 3070. The average molecular weight is 730 g/mol. The van der Waals surface area contributed by atoms with Gasteiger partial charge >= 0.3 is 0 Å². The molecule has 0 bridgehead atoms. The Kier molecular flexibility index (Phi) is 7.68. The van der Waals surface area contributed by atoms with Crippen LogP contribution in [0.3, 0.4) is 0 Å². The Labute approximate surface area is 330 Å². The summed E-state index contributed by atoms with van der Waals surface area (Å²) in [6.45, 7) is 0. The van der Waals surface area contributed by atoms with E-state index in [-0.39, 0.29) is 0 Å². The van der Waals surface area contributed by atoms with Crippen molar-refractivity contribution < 1.29 is 4.42 Å². The zero-order valence-corrected chi connectivity index (χ0v) is 31.0. The van der Waals surface area contributed by atoms with Gasteiger partial charge in [-0.15, -0.1) is 0 Å². The molecule has 3 heterocycles. The Hall–Kier alpha value is -7.56. The van der Waals surface area contributed by atoms with Gasteiger partial charge in [-0.2, -0.15) is 0 Å². The van der Waals surface area contributed by atoms with Gasteiger partial charge in [0, 0.05) is 38.7 Å². The minimum absolute atomic E-state index is 0.554. The monoisotopic (exact) mass is 729 g/mol. The Morgan fingerprint density at radius 3 is 1.44 bits per heavy atom. The van der Waals surface area contributed by atoms with Crippen LogP contribution in [0.1, 0.15) is 22.3 Å². The quantitative estimate of drug-likeness (QED) is 0.153. The third-order valence-electron chi connectivity index (χ3n) is 11.4. The number of aromatic nitrogens is 3. The lowest BCUT2D eigenvalue weighted by Crippen LogP contribution is -2.30. The van der Waals surface area contributed by atoms with Crippen molar-refractivity contribution in [1.82, 2.24) is 14.5 Å². The topological polar surface area (TPSA) is 43.9 Å². The molecule has 0 aliphatic carbocycles. The second-order valence-electron chi connectivity index (χ2n) is 14.5. The summed E-state index contributed by atoms with van der Waals surface area (Å²) in [6, 6.07) is 75.1. The van der Waals surface area contributed by atoms with Crippen LogP contribution in [0.5, 0.6) is 0 Å². The van der Waals surface area contributed by atoms with Gasteiger partial charge in [0.05, 0.1) is 22.1 Å². The van der Waals surface area contributed by atoms with Crippen molar-refractivity contribution >= 4 is 43.7 Å². The number of benzene rings is 8. The van der Waals surface area contributed by atoms with Crippen molar-refractivity contribution in [3.63, 3.8) is 0 Å². The summed E-state index contributed by atoms with van der Waals surface area (Å²) in [5.41, 5.74) is 10.9. The van der Waals surface area contributed by atoms with Gasteiger partial charge in [-0.3, -0.25) is 4.57 Å². The van der Waals surface area contributed by atoms with Crippen LogP contribution in [0.25, 0.3) is 72.2 Å². The molecule has 11 rings (SSSR count). The van der Waals surface area contributed by atoms with Crippen molar-refractivity contribution in [2.24, 2.45) is 0 Å². The van der Waals surface area contributed by atoms with Gasteiger partial charge in [-0.05, 0) is 58.7 Å². The number of para-hydroxylation sites is 3. The van der Waals surface area contributed by atoms with Crippen molar-refractivity contribution in [2.45, 2.75) is 5.41 Å². The molecular weight excluding hydrogens is 695 g/mol. The first-order chi connectivity index (χ1) is 28.3. The van der Waals surface area contributed by atoms with Gasteiger partial charge in [-0.1, -0.05) is 170 Å². The van der Waals surface area contributed by atoms with Gasteiger partial charge in [0.1, 0.15) is 17.0 Å². The highest BCUT2D eigenvalue weighted by atomic mass is 16.3. The molecule has 0 saturated heterocycles. The first-order valence-corrected chi connectivity index (χ1v) is 19.3. The van der Waals surface area contributed by atoms with Crippen molar-refractivity contribution in [3.05, 3.63) is 235 Å². The van der Waals surface area contributed by atoms with Crippen LogP contribution in [0.15, 0.2) is 217 Å². The van der Waals surface area contributed by atoms with E-state index < -0.39 is 5.41 Å². The molecule has 0 N–H and O–H groups in total. The summed E-state index contributed by atoms with van der Waals surface area (Å²) < 4.78 is 8.48. The second kappa shape index (κ2) is 13.3. The molecule has 0 atom stereocenters. The predicted octanol–water partition coefficient (Wildman–Crippen LogP) is 13.2. The van der Waals surface area contributed by atoms with Crippen LogP contribution in [0.2, 0.25) is 0 Å². The second-order valence-corrected chi connectivity index (χ2v) is 14.5. The first kappa shape index (κ1) is 32.8. The van der Waals surface area contributed by atoms with Crippen LogP contribution in [0, 0.1) is 0 Å². The van der Waals surface area contributed by atoms with E-state index in [9.17, 15) is 0 Å². The molecule has 3 aromatic heterocycles. The lowest BCUT2D eigenvalue weighted by Gasteiger charge is -2.37.